The minimum Gasteiger partial charge on any atom is -0.496 e. The van der Waals surface area contributed by atoms with Gasteiger partial charge in [-0.1, -0.05) is 18.2 Å². The summed E-state index contributed by atoms with van der Waals surface area (Å²) in [6.07, 6.45) is 0. The number of aryl methyl sites for hydroxylation is 1. The molecule has 0 unspecified atom stereocenters. The summed E-state index contributed by atoms with van der Waals surface area (Å²) in [6, 6.07) is 12.4. The molecule has 0 spiro atoms. The van der Waals surface area contributed by atoms with Gasteiger partial charge in [-0.05, 0) is 31.2 Å². The molecular formula is C17H15FN2OS. The maximum absolute atomic E-state index is 13.4. The highest BCUT2D eigenvalue weighted by molar-refractivity contribution is 7.98. The Bertz CT molecular complexity index is 823. The van der Waals surface area contributed by atoms with Gasteiger partial charge < -0.3 is 4.74 Å². The van der Waals surface area contributed by atoms with E-state index in [0.29, 0.717) is 11.5 Å². The number of para-hydroxylation sites is 1. The minimum atomic E-state index is -0.264. The molecule has 2 aromatic carbocycles. The molecule has 0 fully saturated rings. The lowest BCUT2D eigenvalue weighted by Gasteiger charge is -2.09. The second-order valence-corrected chi connectivity index (χ2v) is 5.80. The molecule has 1 aromatic heterocycles. The smallest absolute Gasteiger partial charge is 0.127 e. The Morgan fingerprint density at radius 3 is 2.77 bits per heavy atom. The topological polar surface area (TPSA) is 35.0 Å². The van der Waals surface area contributed by atoms with Crippen LogP contribution in [0.3, 0.4) is 0 Å². The molecule has 0 atom stereocenters. The summed E-state index contributed by atoms with van der Waals surface area (Å²) in [6.45, 7) is 1.87. The number of methoxy groups -OCH3 is 1. The van der Waals surface area contributed by atoms with E-state index in [1.165, 1.54) is 12.1 Å². The predicted octanol–water partition coefficient (Wildman–Crippen LogP) is 4.38. The fraction of sp³-hybridized carbons (Fsp3) is 0.176. The maximum atomic E-state index is 13.4. The van der Waals surface area contributed by atoms with Gasteiger partial charge in [-0.2, -0.15) is 0 Å². The normalized spacial score (nSPS) is 10.9. The summed E-state index contributed by atoms with van der Waals surface area (Å²) in [5.74, 6) is 1.73. The summed E-state index contributed by atoms with van der Waals surface area (Å²) in [5, 5.41) is 1.91. The van der Waals surface area contributed by atoms with Crippen LogP contribution in [0.4, 0.5) is 4.39 Å². The first-order valence-electron chi connectivity index (χ1n) is 6.86. The molecular weight excluding hydrogens is 299 g/mol. The van der Waals surface area contributed by atoms with Crippen LogP contribution in [0.25, 0.3) is 10.9 Å². The van der Waals surface area contributed by atoms with Crippen molar-refractivity contribution in [1.29, 1.82) is 0 Å². The van der Waals surface area contributed by atoms with E-state index >= 15 is 0 Å². The molecule has 0 amide bonds. The number of rotatable bonds is 4. The Labute approximate surface area is 132 Å². The lowest BCUT2D eigenvalue weighted by atomic mass is 10.2. The maximum Gasteiger partial charge on any atom is 0.127 e. The molecule has 0 aliphatic rings. The summed E-state index contributed by atoms with van der Waals surface area (Å²) in [7, 11) is 1.59. The fourth-order valence-electron chi connectivity index (χ4n) is 2.27. The van der Waals surface area contributed by atoms with Gasteiger partial charge in [0.1, 0.15) is 22.4 Å². The van der Waals surface area contributed by atoms with Crippen LogP contribution in [0.5, 0.6) is 5.75 Å². The second-order valence-electron chi connectivity index (χ2n) is 4.84. The van der Waals surface area contributed by atoms with Crippen molar-refractivity contribution in [1.82, 2.24) is 9.97 Å². The molecule has 0 aliphatic carbocycles. The van der Waals surface area contributed by atoms with Crippen LogP contribution in [0.2, 0.25) is 0 Å². The number of nitrogens with zero attached hydrogens (tertiary/aromatic N) is 2. The van der Waals surface area contributed by atoms with Crippen LogP contribution in [0, 0.1) is 12.7 Å². The number of hydrogen-bond acceptors (Lipinski definition) is 4. The van der Waals surface area contributed by atoms with Gasteiger partial charge in [-0.25, -0.2) is 14.4 Å². The lowest BCUT2D eigenvalue weighted by molar-refractivity contribution is 0.410. The summed E-state index contributed by atoms with van der Waals surface area (Å²) in [5.41, 5.74) is 1.73. The first-order chi connectivity index (χ1) is 10.7. The summed E-state index contributed by atoms with van der Waals surface area (Å²) < 4.78 is 18.7. The van der Waals surface area contributed by atoms with Crippen molar-refractivity contribution in [3.8, 4) is 5.75 Å². The zero-order valence-corrected chi connectivity index (χ0v) is 13.2. The van der Waals surface area contributed by atoms with Gasteiger partial charge in [0, 0.05) is 16.7 Å². The molecule has 112 valence electrons. The fourth-order valence-corrected chi connectivity index (χ4v) is 3.32. The molecule has 3 rings (SSSR count). The first kappa shape index (κ1) is 14.8. The van der Waals surface area contributed by atoms with Crippen LogP contribution in [0.15, 0.2) is 47.5 Å². The predicted molar refractivity (Wildman–Crippen MR) is 86.8 cm³/mol. The number of aromatic nitrogens is 2. The molecule has 3 aromatic rings. The molecule has 0 bridgehead atoms. The van der Waals surface area contributed by atoms with Crippen LogP contribution in [-0.2, 0) is 5.75 Å². The zero-order valence-electron chi connectivity index (χ0n) is 12.3. The van der Waals surface area contributed by atoms with Crippen molar-refractivity contribution in [2.75, 3.05) is 7.11 Å². The Kier molecular flexibility index (Phi) is 4.24. The Balaban J connectivity index is 1.93. The van der Waals surface area contributed by atoms with Gasteiger partial charge in [0.05, 0.1) is 12.6 Å². The van der Waals surface area contributed by atoms with Crippen molar-refractivity contribution in [2.24, 2.45) is 0 Å². The van der Waals surface area contributed by atoms with E-state index in [-0.39, 0.29) is 5.82 Å². The Hall–Kier alpha value is -2.14. The van der Waals surface area contributed by atoms with Gasteiger partial charge >= 0.3 is 0 Å². The Morgan fingerprint density at radius 2 is 1.95 bits per heavy atom. The van der Waals surface area contributed by atoms with Crippen molar-refractivity contribution < 1.29 is 9.13 Å². The van der Waals surface area contributed by atoms with E-state index in [0.717, 1.165) is 27.3 Å². The molecule has 0 saturated carbocycles. The van der Waals surface area contributed by atoms with Crippen molar-refractivity contribution in [3.63, 3.8) is 0 Å². The monoisotopic (exact) mass is 314 g/mol. The van der Waals surface area contributed by atoms with Gasteiger partial charge in [0.2, 0.25) is 0 Å². The molecule has 0 saturated heterocycles. The molecule has 0 radical (unpaired) electrons. The standard InChI is InChI=1S/C17H15FN2OS/c1-11-19-15-6-4-3-5-14(15)17(20-11)22-10-12-9-13(18)7-8-16(12)21-2/h3-9H,10H2,1-2H3. The van der Waals surface area contributed by atoms with Crippen LogP contribution >= 0.6 is 11.8 Å². The average Bonchev–Trinajstić information content (AvgIpc) is 2.52. The van der Waals surface area contributed by atoms with E-state index in [9.17, 15) is 4.39 Å². The zero-order chi connectivity index (χ0) is 15.5. The van der Waals surface area contributed by atoms with Crippen molar-refractivity contribution in [2.45, 2.75) is 17.7 Å². The molecule has 22 heavy (non-hydrogen) atoms. The van der Waals surface area contributed by atoms with Crippen molar-refractivity contribution in [3.05, 3.63) is 59.7 Å². The molecule has 0 aliphatic heterocycles. The van der Waals surface area contributed by atoms with Crippen LogP contribution < -0.4 is 4.74 Å². The summed E-state index contributed by atoms with van der Waals surface area (Å²) >= 11 is 1.56. The first-order valence-corrected chi connectivity index (χ1v) is 7.84. The molecule has 3 nitrogen and oxygen atoms in total. The third-order valence-electron chi connectivity index (χ3n) is 3.29. The number of hydrogen-bond donors (Lipinski definition) is 0. The SMILES string of the molecule is COc1ccc(F)cc1CSc1nc(C)nc2ccccc12. The van der Waals surface area contributed by atoms with Crippen molar-refractivity contribution >= 4 is 22.7 Å². The third kappa shape index (κ3) is 3.04. The van der Waals surface area contributed by atoms with E-state index in [1.807, 2.05) is 31.2 Å². The third-order valence-corrected chi connectivity index (χ3v) is 4.33. The average molecular weight is 314 g/mol. The highest BCUT2D eigenvalue weighted by Gasteiger charge is 2.09. The van der Waals surface area contributed by atoms with Crippen LogP contribution in [0.1, 0.15) is 11.4 Å². The lowest BCUT2D eigenvalue weighted by Crippen LogP contribution is -1.95. The highest BCUT2D eigenvalue weighted by Crippen LogP contribution is 2.31. The second kappa shape index (κ2) is 6.32. The quantitative estimate of drug-likeness (QED) is 0.529. The van der Waals surface area contributed by atoms with Gasteiger partial charge in [0.25, 0.3) is 0 Å². The number of thioether (sulfide) groups is 1. The van der Waals surface area contributed by atoms with Gasteiger partial charge in [0.15, 0.2) is 0 Å². The molecule has 1 heterocycles. The highest BCUT2D eigenvalue weighted by atomic mass is 32.2. The number of benzene rings is 2. The number of fused-ring (bicyclic) bond motifs is 1. The number of ether oxygens (including phenoxy) is 1. The van der Waals surface area contributed by atoms with Gasteiger partial charge in [-0.15, -0.1) is 11.8 Å². The molecule has 0 N–H and O–H groups in total. The largest absolute Gasteiger partial charge is 0.496 e. The number of halogens is 1. The van der Waals surface area contributed by atoms with E-state index in [1.54, 1.807) is 24.9 Å². The Morgan fingerprint density at radius 1 is 1.14 bits per heavy atom. The van der Waals surface area contributed by atoms with E-state index in [4.69, 9.17) is 4.74 Å². The van der Waals surface area contributed by atoms with E-state index in [2.05, 4.69) is 9.97 Å². The summed E-state index contributed by atoms with van der Waals surface area (Å²) in [4.78, 5) is 8.94. The minimum absolute atomic E-state index is 0.264. The molecule has 5 heteroatoms. The van der Waals surface area contributed by atoms with Gasteiger partial charge in [-0.3, -0.25) is 0 Å². The van der Waals surface area contributed by atoms with E-state index < -0.39 is 0 Å². The van der Waals surface area contributed by atoms with Crippen LogP contribution in [-0.4, -0.2) is 17.1 Å².